The summed E-state index contributed by atoms with van der Waals surface area (Å²) < 4.78 is 6.26. The summed E-state index contributed by atoms with van der Waals surface area (Å²) in [5.41, 5.74) is 5.49. The zero-order valence-electron chi connectivity index (χ0n) is 10.3. The van der Waals surface area contributed by atoms with E-state index >= 15 is 0 Å². The highest BCUT2D eigenvalue weighted by Gasteiger charge is 2.12. The second-order valence-corrected chi connectivity index (χ2v) is 5.65. The first-order valence-electron chi connectivity index (χ1n) is 5.62. The number of nitrogens with one attached hydrogen (secondary N) is 1. The highest BCUT2D eigenvalue weighted by molar-refractivity contribution is 9.10. The molecule has 7 heteroatoms. The van der Waals surface area contributed by atoms with Crippen LogP contribution in [0.1, 0.15) is 10.4 Å². The Morgan fingerprint density at radius 1 is 1.25 bits per heavy atom. The average Bonchev–Trinajstić information content (AvgIpc) is 2.86. The molecule has 20 heavy (non-hydrogen) atoms. The van der Waals surface area contributed by atoms with Gasteiger partial charge in [0.2, 0.25) is 0 Å². The Labute approximate surface area is 127 Å². The van der Waals surface area contributed by atoms with Gasteiger partial charge in [0.05, 0.1) is 5.56 Å². The van der Waals surface area contributed by atoms with Crippen LogP contribution in [0.3, 0.4) is 0 Å². The molecule has 104 valence electrons. The van der Waals surface area contributed by atoms with E-state index in [0.717, 1.165) is 4.47 Å². The number of carbonyl (C=O) groups is 2. The second-order valence-electron chi connectivity index (χ2n) is 3.82. The van der Waals surface area contributed by atoms with Crippen molar-refractivity contribution in [1.29, 1.82) is 0 Å². The van der Waals surface area contributed by atoms with Crippen LogP contribution in [0.4, 0.5) is 5.00 Å². The van der Waals surface area contributed by atoms with Gasteiger partial charge in [0.25, 0.3) is 11.8 Å². The highest BCUT2D eigenvalue weighted by atomic mass is 79.9. The summed E-state index contributed by atoms with van der Waals surface area (Å²) >= 11 is 4.54. The molecule has 0 fully saturated rings. The van der Waals surface area contributed by atoms with Crippen LogP contribution < -0.4 is 15.8 Å². The molecule has 5 nitrogen and oxygen atoms in total. The van der Waals surface area contributed by atoms with Gasteiger partial charge in [0.15, 0.2) is 6.61 Å². The van der Waals surface area contributed by atoms with Crippen molar-refractivity contribution in [3.63, 3.8) is 0 Å². The summed E-state index contributed by atoms with van der Waals surface area (Å²) in [4.78, 5) is 22.9. The number of carbonyl (C=O) groups excluding carboxylic acids is 2. The molecular formula is C13H11BrN2O3S. The zero-order valence-corrected chi connectivity index (χ0v) is 12.7. The summed E-state index contributed by atoms with van der Waals surface area (Å²) in [6.07, 6.45) is 0. The van der Waals surface area contributed by atoms with Gasteiger partial charge in [-0.3, -0.25) is 9.59 Å². The fraction of sp³-hybridized carbons (Fsp3) is 0.0769. The van der Waals surface area contributed by atoms with Gasteiger partial charge in [0, 0.05) is 4.47 Å². The number of ether oxygens (including phenoxy) is 1. The van der Waals surface area contributed by atoms with Crippen molar-refractivity contribution in [2.75, 3.05) is 11.9 Å². The van der Waals surface area contributed by atoms with Crippen molar-refractivity contribution in [1.82, 2.24) is 0 Å². The highest BCUT2D eigenvalue weighted by Crippen LogP contribution is 2.22. The van der Waals surface area contributed by atoms with Crippen LogP contribution >= 0.6 is 27.3 Å². The van der Waals surface area contributed by atoms with Crippen LogP contribution in [0.5, 0.6) is 5.75 Å². The monoisotopic (exact) mass is 354 g/mol. The standard InChI is InChI=1S/C13H11BrN2O3S/c14-8-1-3-9(4-2-8)19-7-11(17)16-13-10(12(15)18)5-6-20-13/h1-6H,7H2,(H2,15,18)(H,16,17). The molecule has 0 saturated carbocycles. The molecule has 1 aromatic carbocycles. The Morgan fingerprint density at radius 3 is 2.60 bits per heavy atom. The number of nitrogens with two attached hydrogens (primary N) is 1. The number of thiophene rings is 1. The minimum absolute atomic E-state index is 0.141. The van der Waals surface area contributed by atoms with Crippen molar-refractivity contribution in [2.45, 2.75) is 0 Å². The Bertz CT molecular complexity index is 625. The van der Waals surface area contributed by atoms with Crippen LogP contribution in [0, 0.1) is 0 Å². The first kappa shape index (κ1) is 14.5. The van der Waals surface area contributed by atoms with Crippen molar-refractivity contribution in [2.24, 2.45) is 5.73 Å². The minimum Gasteiger partial charge on any atom is -0.484 e. The zero-order chi connectivity index (χ0) is 14.5. The molecule has 0 radical (unpaired) electrons. The van der Waals surface area contributed by atoms with Gasteiger partial charge >= 0.3 is 0 Å². The number of halogens is 1. The van der Waals surface area contributed by atoms with Gasteiger partial charge in [-0.15, -0.1) is 11.3 Å². The number of hydrogen-bond acceptors (Lipinski definition) is 4. The molecule has 1 heterocycles. The Hall–Kier alpha value is -1.86. The summed E-state index contributed by atoms with van der Waals surface area (Å²) in [5.74, 6) is -0.335. The maximum Gasteiger partial charge on any atom is 0.262 e. The molecule has 1 aromatic heterocycles. The molecule has 3 N–H and O–H groups in total. The maximum absolute atomic E-state index is 11.7. The van der Waals surface area contributed by atoms with Crippen molar-refractivity contribution < 1.29 is 14.3 Å². The Morgan fingerprint density at radius 2 is 1.95 bits per heavy atom. The normalized spacial score (nSPS) is 10.1. The van der Waals surface area contributed by atoms with E-state index in [4.69, 9.17) is 10.5 Å². The van der Waals surface area contributed by atoms with E-state index < -0.39 is 5.91 Å². The number of anilines is 1. The summed E-state index contributed by atoms with van der Waals surface area (Å²) in [5, 5.41) is 4.72. The second kappa shape index (κ2) is 6.53. The molecule has 2 rings (SSSR count). The van der Waals surface area contributed by atoms with Gasteiger partial charge in [-0.1, -0.05) is 15.9 Å². The van der Waals surface area contributed by atoms with E-state index in [1.807, 2.05) is 12.1 Å². The summed E-state index contributed by atoms with van der Waals surface area (Å²) in [6, 6.07) is 8.70. The van der Waals surface area contributed by atoms with Gasteiger partial charge < -0.3 is 15.8 Å². The van der Waals surface area contributed by atoms with Crippen LogP contribution in [0.2, 0.25) is 0 Å². The third kappa shape index (κ3) is 3.82. The molecule has 0 saturated heterocycles. The molecular weight excluding hydrogens is 344 g/mol. The third-order valence-electron chi connectivity index (χ3n) is 2.37. The smallest absolute Gasteiger partial charge is 0.262 e. The van der Waals surface area contributed by atoms with Crippen molar-refractivity contribution in [3.8, 4) is 5.75 Å². The van der Waals surface area contributed by atoms with E-state index in [0.29, 0.717) is 16.3 Å². The van der Waals surface area contributed by atoms with Crippen molar-refractivity contribution >= 4 is 44.1 Å². The van der Waals surface area contributed by atoms with Gasteiger partial charge in [-0.25, -0.2) is 0 Å². The lowest BCUT2D eigenvalue weighted by atomic mass is 10.3. The molecule has 0 aliphatic rings. The Balaban J connectivity index is 1.91. The molecule has 0 unspecified atom stereocenters. The topological polar surface area (TPSA) is 81.4 Å². The fourth-order valence-corrected chi connectivity index (χ4v) is 2.52. The van der Waals surface area contributed by atoms with Crippen LogP contribution in [-0.2, 0) is 4.79 Å². The number of hydrogen-bond donors (Lipinski definition) is 2. The summed E-state index contributed by atoms with van der Waals surface area (Å²) in [7, 11) is 0. The number of rotatable bonds is 5. The first-order chi connectivity index (χ1) is 9.56. The molecule has 2 amide bonds. The third-order valence-corrected chi connectivity index (χ3v) is 3.73. The number of amides is 2. The van der Waals surface area contributed by atoms with Crippen LogP contribution in [0.25, 0.3) is 0 Å². The van der Waals surface area contributed by atoms with Gasteiger partial charge in [-0.2, -0.15) is 0 Å². The SMILES string of the molecule is NC(=O)c1ccsc1NC(=O)COc1ccc(Br)cc1. The molecule has 0 atom stereocenters. The Kier molecular flexibility index (Phi) is 4.75. The van der Waals surface area contributed by atoms with Gasteiger partial charge in [-0.05, 0) is 35.7 Å². The van der Waals surface area contributed by atoms with Crippen LogP contribution in [0.15, 0.2) is 40.2 Å². The quantitative estimate of drug-likeness (QED) is 0.865. The lowest BCUT2D eigenvalue weighted by Crippen LogP contribution is -2.21. The predicted molar refractivity (Wildman–Crippen MR) is 81.1 cm³/mol. The largest absolute Gasteiger partial charge is 0.484 e. The van der Waals surface area contributed by atoms with Gasteiger partial charge in [0.1, 0.15) is 10.8 Å². The average molecular weight is 355 g/mol. The lowest BCUT2D eigenvalue weighted by molar-refractivity contribution is -0.118. The van der Waals surface area contributed by atoms with E-state index in [-0.39, 0.29) is 12.5 Å². The number of benzene rings is 1. The van der Waals surface area contributed by atoms with E-state index in [1.54, 1.807) is 23.6 Å². The molecule has 2 aromatic rings. The lowest BCUT2D eigenvalue weighted by Gasteiger charge is -2.07. The van der Waals surface area contributed by atoms with E-state index in [1.165, 1.54) is 11.3 Å². The molecule has 0 spiro atoms. The minimum atomic E-state index is -0.574. The molecule has 0 bridgehead atoms. The predicted octanol–water partition coefficient (Wildman–Crippen LogP) is 2.63. The van der Waals surface area contributed by atoms with E-state index in [9.17, 15) is 9.59 Å². The number of primary amides is 1. The van der Waals surface area contributed by atoms with Crippen molar-refractivity contribution in [3.05, 3.63) is 45.7 Å². The fourth-order valence-electron chi connectivity index (χ4n) is 1.44. The molecule has 0 aliphatic carbocycles. The van der Waals surface area contributed by atoms with E-state index in [2.05, 4.69) is 21.2 Å². The maximum atomic E-state index is 11.7. The summed E-state index contributed by atoms with van der Waals surface area (Å²) in [6.45, 7) is -0.141. The molecule has 0 aliphatic heterocycles. The first-order valence-corrected chi connectivity index (χ1v) is 7.29. The van der Waals surface area contributed by atoms with Crippen LogP contribution in [-0.4, -0.2) is 18.4 Å².